The SMILES string of the molecule is COP(=O)(OC)C(N)CCCN. The first-order chi connectivity index (χ1) is 5.60. The van der Waals surface area contributed by atoms with E-state index in [-0.39, 0.29) is 0 Å². The van der Waals surface area contributed by atoms with Gasteiger partial charge in [0, 0.05) is 14.2 Å². The number of hydrogen-bond acceptors (Lipinski definition) is 5. The van der Waals surface area contributed by atoms with Gasteiger partial charge in [-0.05, 0) is 19.4 Å². The van der Waals surface area contributed by atoms with Crippen LogP contribution < -0.4 is 11.5 Å². The third kappa shape index (κ3) is 3.21. The van der Waals surface area contributed by atoms with Crippen LogP contribution in [0.5, 0.6) is 0 Å². The van der Waals surface area contributed by atoms with E-state index in [2.05, 4.69) is 0 Å². The van der Waals surface area contributed by atoms with Gasteiger partial charge < -0.3 is 20.5 Å². The van der Waals surface area contributed by atoms with E-state index in [0.29, 0.717) is 13.0 Å². The van der Waals surface area contributed by atoms with Gasteiger partial charge in [-0.25, -0.2) is 0 Å². The van der Waals surface area contributed by atoms with Gasteiger partial charge in [-0.1, -0.05) is 0 Å². The first kappa shape index (κ1) is 12.1. The molecule has 0 saturated heterocycles. The fourth-order valence-electron chi connectivity index (χ4n) is 0.830. The summed E-state index contributed by atoms with van der Waals surface area (Å²) < 4.78 is 21.0. The van der Waals surface area contributed by atoms with Crippen molar-refractivity contribution in [3.63, 3.8) is 0 Å². The molecule has 0 aromatic rings. The van der Waals surface area contributed by atoms with Crippen LogP contribution in [-0.2, 0) is 13.6 Å². The van der Waals surface area contributed by atoms with Gasteiger partial charge in [-0.2, -0.15) is 0 Å². The smallest absolute Gasteiger partial charge is 0.330 e. The lowest BCUT2D eigenvalue weighted by Crippen LogP contribution is -2.22. The van der Waals surface area contributed by atoms with Gasteiger partial charge in [0.25, 0.3) is 0 Å². The molecule has 12 heavy (non-hydrogen) atoms. The minimum Gasteiger partial charge on any atom is -0.330 e. The summed E-state index contributed by atoms with van der Waals surface area (Å²) in [4.78, 5) is 0. The normalized spacial score (nSPS) is 14.7. The second-order valence-electron chi connectivity index (χ2n) is 2.40. The van der Waals surface area contributed by atoms with Crippen molar-refractivity contribution >= 4 is 7.60 Å². The van der Waals surface area contributed by atoms with Gasteiger partial charge in [0.05, 0.1) is 0 Å². The predicted molar refractivity (Wildman–Crippen MR) is 47.9 cm³/mol. The molecule has 0 aromatic heterocycles. The van der Waals surface area contributed by atoms with Gasteiger partial charge in [0.1, 0.15) is 5.78 Å². The number of nitrogens with two attached hydrogens (primary N) is 2. The molecule has 5 nitrogen and oxygen atoms in total. The zero-order valence-electron chi connectivity index (χ0n) is 7.53. The Hall–Kier alpha value is 0.0700. The molecule has 0 fully saturated rings. The summed E-state index contributed by atoms with van der Waals surface area (Å²) in [6.07, 6.45) is 1.27. The van der Waals surface area contributed by atoms with Crippen LogP contribution >= 0.6 is 7.60 Å². The van der Waals surface area contributed by atoms with Crippen molar-refractivity contribution in [1.29, 1.82) is 0 Å². The molecule has 1 unspecified atom stereocenters. The van der Waals surface area contributed by atoms with E-state index in [0.717, 1.165) is 6.42 Å². The van der Waals surface area contributed by atoms with Crippen LogP contribution in [0.4, 0.5) is 0 Å². The van der Waals surface area contributed by atoms with Crippen LogP contribution in [0.15, 0.2) is 0 Å². The van der Waals surface area contributed by atoms with E-state index in [1.807, 2.05) is 0 Å². The molecule has 4 N–H and O–H groups in total. The van der Waals surface area contributed by atoms with Gasteiger partial charge in [0.15, 0.2) is 0 Å². The second kappa shape index (κ2) is 5.67. The van der Waals surface area contributed by atoms with Crippen molar-refractivity contribution < 1.29 is 13.6 Å². The van der Waals surface area contributed by atoms with Crippen molar-refractivity contribution in [2.45, 2.75) is 18.6 Å². The number of rotatable bonds is 6. The topological polar surface area (TPSA) is 87.6 Å². The fourth-order valence-corrected chi connectivity index (χ4v) is 2.02. The highest BCUT2D eigenvalue weighted by Gasteiger charge is 2.29. The Morgan fingerprint density at radius 2 is 1.92 bits per heavy atom. The predicted octanol–water partition coefficient (Wildman–Crippen LogP) is 0.496. The Kier molecular flexibility index (Phi) is 5.70. The first-order valence-corrected chi connectivity index (χ1v) is 5.38. The highest BCUT2D eigenvalue weighted by molar-refractivity contribution is 7.54. The summed E-state index contributed by atoms with van der Waals surface area (Å²) in [6, 6.07) is 0. The van der Waals surface area contributed by atoms with E-state index in [9.17, 15) is 4.57 Å². The monoisotopic (exact) mass is 196 g/mol. The van der Waals surface area contributed by atoms with Crippen molar-refractivity contribution in [1.82, 2.24) is 0 Å². The van der Waals surface area contributed by atoms with E-state index in [1.54, 1.807) is 0 Å². The molecule has 0 rings (SSSR count). The zero-order valence-corrected chi connectivity index (χ0v) is 8.42. The molecule has 0 heterocycles. The van der Waals surface area contributed by atoms with Crippen LogP contribution in [-0.4, -0.2) is 26.5 Å². The minimum absolute atomic E-state index is 0.529. The first-order valence-electron chi connectivity index (χ1n) is 3.77. The summed E-state index contributed by atoms with van der Waals surface area (Å²) in [6.45, 7) is 0.529. The van der Waals surface area contributed by atoms with E-state index < -0.39 is 13.4 Å². The maximum absolute atomic E-state index is 11.5. The molecule has 0 aromatic carbocycles. The van der Waals surface area contributed by atoms with E-state index >= 15 is 0 Å². The quantitative estimate of drug-likeness (QED) is 0.604. The molecule has 0 aliphatic heterocycles. The largest absolute Gasteiger partial charge is 0.346 e. The highest BCUT2D eigenvalue weighted by atomic mass is 31.2. The molecule has 0 aliphatic carbocycles. The van der Waals surface area contributed by atoms with E-state index in [1.165, 1.54) is 14.2 Å². The molecule has 74 valence electrons. The van der Waals surface area contributed by atoms with Crippen LogP contribution in [0.3, 0.4) is 0 Å². The lowest BCUT2D eigenvalue weighted by molar-refractivity contribution is 0.263. The third-order valence-electron chi connectivity index (χ3n) is 1.62. The summed E-state index contributed by atoms with van der Waals surface area (Å²) in [5.74, 6) is -0.573. The molecular weight excluding hydrogens is 179 g/mol. The average Bonchev–Trinajstić information content (AvgIpc) is 2.12. The Morgan fingerprint density at radius 1 is 1.42 bits per heavy atom. The van der Waals surface area contributed by atoms with Crippen molar-refractivity contribution in [2.75, 3.05) is 20.8 Å². The molecule has 1 atom stereocenters. The van der Waals surface area contributed by atoms with Crippen LogP contribution in [0.1, 0.15) is 12.8 Å². The molecule has 0 bridgehead atoms. The van der Waals surface area contributed by atoms with E-state index in [4.69, 9.17) is 20.5 Å². The van der Waals surface area contributed by atoms with Gasteiger partial charge in [-0.3, -0.25) is 4.57 Å². The number of hydrogen-bond donors (Lipinski definition) is 2. The van der Waals surface area contributed by atoms with Crippen LogP contribution in [0.25, 0.3) is 0 Å². The Bertz CT molecular complexity index is 157. The summed E-state index contributed by atoms with van der Waals surface area (Å²) in [7, 11) is -0.428. The van der Waals surface area contributed by atoms with Gasteiger partial charge >= 0.3 is 7.60 Å². The molecule has 0 spiro atoms. The summed E-state index contributed by atoms with van der Waals surface area (Å²) in [5, 5.41) is 0. The maximum atomic E-state index is 11.5. The summed E-state index contributed by atoms with van der Waals surface area (Å²) >= 11 is 0. The molecule has 0 radical (unpaired) electrons. The zero-order chi connectivity index (χ0) is 9.61. The van der Waals surface area contributed by atoms with Gasteiger partial charge in [-0.15, -0.1) is 0 Å². The Labute approximate surface area is 72.9 Å². The fraction of sp³-hybridized carbons (Fsp3) is 1.00. The lowest BCUT2D eigenvalue weighted by atomic mass is 10.3. The summed E-state index contributed by atoms with van der Waals surface area (Å²) in [5.41, 5.74) is 10.9. The Balaban J connectivity index is 4.03. The van der Waals surface area contributed by atoms with Gasteiger partial charge in [0.2, 0.25) is 0 Å². The highest BCUT2D eigenvalue weighted by Crippen LogP contribution is 2.50. The van der Waals surface area contributed by atoms with Crippen molar-refractivity contribution in [3.05, 3.63) is 0 Å². The molecule has 0 amide bonds. The van der Waals surface area contributed by atoms with Crippen LogP contribution in [0, 0.1) is 0 Å². The van der Waals surface area contributed by atoms with Crippen molar-refractivity contribution in [2.24, 2.45) is 11.5 Å². The van der Waals surface area contributed by atoms with Crippen LogP contribution in [0.2, 0.25) is 0 Å². The maximum Gasteiger partial charge on any atom is 0.346 e. The lowest BCUT2D eigenvalue weighted by Gasteiger charge is -2.20. The standard InChI is InChI=1S/C6H17N2O3P/c1-10-12(9,11-2)6(8)4-3-5-7/h6H,3-5,7-8H2,1-2H3. The second-order valence-corrected chi connectivity index (χ2v) is 4.88. The third-order valence-corrected chi connectivity index (χ3v) is 3.71. The molecule has 6 heteroatoms. The van der Waals surface area contributed by atoms with Crippen molar-refractivity contribution in [3.8, 4) is 0 Å². The molecular formula is C6H17N2O3P. The molecule has 0 saturated carbocycles. The average molecular weight is 196 g/mol. The molecule has 0 aliphatic rings. The minimum atomic E-state index is -3.08. The Morgan fingerprint density at radius 3 is 2.25 bits per heavy atom.